The molecular formula is C12H9BrF2N2O3. The van der Waals surface area contributed by atoms with Crippen molar-refractivity contribution >= 4 is 21.9 Å². The van der Waals surface area contributed by atoms with Gasteiger partial charge < -0.3 is 9.52 Å². The normalized spacial score (nSPS) is 10.8. The van der Waals surface area contributed by atoms with Crippen LogP contribution in [0.4, 0.5) is 8.78 Å². The Morgan fingerprint density at radius 2 is 1.95 bits per heavy atom. The van der Waals surface area contributed by atoms with Crippen LogP contribution in [0.5, 0.6) is 0 Å². The van der Waals surface area contributed by atoms with Gasteiger partial charge in [-0.1, -0.05) is 15.9 Å². The number of carboxylic acids is 1. The molecule has 0 spiro atoms. The zero-order valence-corrected chi connectivity index (χ0v) is 11.7. The summed E-state index contributed by atoms with van der Waals surface area (Å²) in [6.07, 6.45) is 0.500. The zero-order chi connectivity index (χ0) is 14.7. The molecule has 5 nitrogen and oxygen atoms in total. The van der Waals surface area contributed by atoms with Crippen molar-refractivity contribution in [3.8, 4) is 11.5 Å². The molecule has 0 unspecified atom stereocenters. The van der Waals surface area contributed by atoms with E-state index in [1.807, 2.05) is 0 Å². The summed E-state index contributed by atoms with van der Waals surface area (Å²) in [6, 6.07) is 2.18. The maximum atomic E-state index is 13.7. The summed E-state index contributed by atoms with van der Waals surface area (Å²) >= 11 is 2.97. The second kappa shape index (κ2) is 6.08. The summed E-state index contributed by atoms with van der Waals surface area (Å²) in [7, 11) is 0. The van der Waals surface area contributed by atoms with Gasteiger partial charge in [-0.25, -0.2) is 8.78 Å². The van der Waals surface area contributed by atoms with Crippen LogP contribution in [-0.2, 0) is 11.2 Å². The van der Waals surface area contributed by atoms with E-state index in [2.05, 4.69) is 26.1 Å². The Bertz CT molecular complexity index is 622. The Morgan fingerprint density at radius 1 is 1.30 bits per heavy atom. The van der Waals surface area contributed by atoms with Crippen molar-refractivity contribution in [3.63, 3.8) is 0 Å². The van der Waals surface area contributed by atoms with Crippen LogP contribution in [0.15, 0.2) is 21.0 Å². The molecule has 1 heterocycles. The molecular weight excluding hydrogens is 338 g/mol. The Hall–Kier alpha value is -1.83. The molecule has 0 radical (unpaired) electrons. The lowest BCUT2D eigenvalue weighted by atomic mass is 10.2. The number of aliphatic carboxylic acids is 1. The highest BCUT2D eigenvalue weighted by Crippen LogP contribution is 2.28. The number of benzene rings is 1. The summed E-state index contributed by atoms with van der Waals surface area (Å²) in [5, 5.41) is 15.7. The second-order valence-corrected chi connectivity index (χ2v) is 4.91. The minimum absolute atomic E-state index is 0.0429. The summed E-state index contributed by atoms with van der Waals surface area (Å²) in [5.41, 5.74) is -0.398. The molecule has 2 rings (SSSR count). The van der Waals surface area contributed by atoms with Crippen molar-refractivity contribution in [3.05, 3.63) is 34.1 Å². The molecule has 0 aliphatic rings. The van der Waals surface area contributed by atoms with Gasteiger partial charge in [-0.05, 0) is 18.6 Å². The standard InChI is InChI=1S/C12H9BrF2N2O3/c13-6-4-7(14)11(8(15)5-6)12-17-16-9(20-12)2-1-3-10(18)19/h4-5H,1-3H2,(H,18,19). The van der Waals surface area contributed by atoms with Crippen LogP contribution in [-0.4, -0.2) is 21.3 Å². The van der Waals surface area contributed by atoms with Gasteiger partial charge in [0.1, 0.15) is 17.2 Å². The van der Waals surface area contributed by atoms with Crippen LogP contribution in [0.25, 0.3) is 11.5 Å². The van der Waals surface area contributed by atoms with Crippen LogP contribution >= 0.6 is 15.9 Å². The van der Waals surface area contributed by atoms with E-state index in [9.17, 15) is 13.6 Å². The van der Waals surface area contributed by atoms with E-state index in [-0.39, 0.29) is 29.1 Å². The average Bonchev–Trinajstić information content (AvgIpc) is 2.75. The van der Waals surface area contributed by atoms with Gasteiger partial charge in [-0.2, -0.15) is 0 Å². The molecule has 0 aliphatic carbocycles. The van der Waals surface area contributed by atoms with Crippen LogP contribution < -0.4 is 0 Å². The largest absolute Gasteiger partial charge is 0.481 e. The fraction of sp³-hybridized carbons (Fsp3) is 0.250. The molecule has 2 aromatic rings. The summed E-state index contributed by atoms with van der Waals surface area (Å²) < 4.78 is 32.8. The number of nitrogens with zero attached hydrogens (tertiary/aromatic N) is 2. The van der Waals surface area contributed by atoms with Gasteiger partial charge in [0, 0.05) is 17.3 Å². The smallest absolute Gasteiger partial charge is 0.303 e. The maximum absolute atomic E-state index is 13.7. The molecule has 0 bridgehead atoms. The number of rotatable bonds is 5. The Balaban J connectivity index is 2.19. The first-order valence-corrected chi connectivity index (χ1v) is 6.45. The third-order valence-electron chi connectivity index (χ3n) is 2.47. The molecule has 0 saturated heterocycles. The lowest BCUT2D eigenvalue weighted by Crippen LogP contribution is -1.95. The second-order valence-electron chi connectivity index (χ2n) is 3.99. The van der Waals surface area contributed by atoms with E-state index < -0.39 is 23.2 Å². The van der Waals surface area contributed by atoms with Gasteiger partial charge in [0.25, 0.3) is 5.89 Å². The van der Waals surface area contributed by atoms with Crippen molar-refractivity contribution < 1.29 is 23.1 Å². The first-order valence-electron chi connectivity index (χ1n) is 5.66. The average molecular weight is 347 g/mol. The molecule has 0 aliphatic heterocycles. The van der Waals surface area contributed by atoms with E-state index in [0.29, 0.717) is 6.42 Å². The quantitative estimate of drug-likeness (QED) is 0.899. The molecule has 1 N–H and O–H groups in total. The molecule has 0 amide bonds. The Labute approximate surface area is 120 Å². The topological polar surface area (TPSA) is 76.2 Å². The number of aryl methyl sites for hydroxylation is 1. The van der Waals surface area contributed by atoms with Gasteiger partial charge in [0.05, 0.1) is 0 Å². The van der Waals surface area contributed by atoms with E-state index in [1.54, 1.807) is 0 Å². The molecule has 1 aromatic heterocycles. The fourth-order valence-corrected chi connectivity index (χ4v) is 1.99. The molecule has 0 saturated carbocycles. The van der Waals surface area contributed by atoms with E-state index >= 15 is 0 Å². The minimum Gasteiger partial charge on any atom is -0.481 e. The predicted octanol–water partition coefficient (Wildman–Crippen LogP) is 3.18. The third-order valence-corrected chi connectivity index (χ3v) is 2.93. The van der Waals surface area contributed by atoms with Crippen molar-refractivity contribution in [2.24, 2.45) is 0 Å². The van der Waals surface area contributed by atoms with Gasteiger partial charge in [0.15, 0.2) is 0 Å². The first kappa shape index (κ1) is 14.6. The monoisotopic (exact) mass is 346 g/mol. The molecule has 8 heteroatoms. The van der Waals surface area contributed by atoms with Crippen LogP contribution in [0.3, 0.4) is 0 Å². The molecule has 1 aromatic carbocycles. The summed E-state index contributed by atoms with van der Waals surface area (Å²) in [6.45, 7) is 0. The van der Waals surface area contributed by atoms with Crippen molar-refractivity contribution in [1.29, 1.82) is 0 Å². The molecule has 20 heavy (non-hydrogen) atoms. The van der Waals surface area contributed by atoms with E-state index in [4.69, 9.17) is 9.52 Å². The first-order chi connectivity index (χ1) is 9.47. The number of carbonyl (C=O) groups is 1. The highest BCUT2D eigenvalue weighted by Gasteiger charge is 2.18. The minimum atomic E-state index is -0.935. The Morgan fingerprint density at radius 3 is 2.55 bits per heavy atom. The zero-order valence-electron chi connectivity index (χ0n) is 10.1. The summed E-state index contributed by atoms with van der Waals surface area (Å²) in [5.74, 6) is -2.70. The predicted molar refractivity (Wildman–Crippen MR) is 67.9 cm³/mol. The third kappa shape index (κ3) is 3.38. The van der Waals surface area contributed by atoms with Gasteiger partial charge >= 0.3 is 5.97 Å². The number of carboxylic acid groups (broad SMARTS) is 1. The van der Waals surface area contributed by atoms with E-state index in [0.717, 1.165) is 12.1 Å². The lowest BCUT2D eigenvalue weighted by Gasteiger charge is -2.00. The molecule has 0 atom stereocenters. The fourth-order valence-electron chi connectivity index (χ4n) is 1.59. The number of halogens is 3. The van der Waals surface area contributed by atoms with Crippen molar-refractivity contribution in [2.45, 2.75) is 19.3 Å². The van der Waals surface area contributed by atoms with Crippen LogP contribution in [0, 0.1) is 11.6 Å². The number of aromatic nitrogens is 2. The van der Waals surface area contributed by atoms with Crippen LogP contribution in [0.2, 0.25) is 0 Å². The maximum Gasteiger partial charge on any atom is 0.303 e. The van der Waals surface area contributed by atoms with Crippen LogP contribution in [0.1, 0.15) is 18.7 Å². The number of hydrogen-bond donors (Lipinski definition) is 1. The summed E-state index contributed by atoms with van der Waals surface area (Å²) in [4.78, 5) is 10.4. The highest BCUT2D eigenvalue weighted by atomic mass is 79.9. The highest BCUT2D eigenvalue weighted by molar-refractivity contribution is 9.10. The van der Waals surface area contributed by atoms with E-state index in [1.165, 1.54) is 0 Å². The van der Waals surface area contributed by atoms with Gasteiger partial charge in [0.2, 0.25) is 5.89 Å². The Kier molecular flexibility index (Phi) is 4.43. The number of hydrogen-bond acceptors (Lipinski definition) is 4. The SMILES string of the molecule is O=C(O)CCCc1nnc(-c2c(F)cc(Br)cc2F)o1. The van der Waals surface area contributed by atoms with Crippen molar-refractivity contribution in [1.82, 2.24) is 10.2 Å². The molecule has 106 valence electrons. The lowest BCUT2D eigenvalue weighted by molar-refractivity contribution is -0.137. The van der Waals surface area contributed by atoms with Crippen molar-refractivity contribution in [2.75, 3.05) is 0 Å². The molecule has 0 fully saturated rings. The van der Waals surface area contributed by atoms with Gasteiger partial charge in [-0.3, -0.25) is 4.79 Å². The van der Waals surface area contributed by atoms with Gasteiger partial charge in [-0.15, -0.1) is 10.2 Å².